The van der Waals surface area contributed by atoms with Crippen LogP contribution in [0.2, 0.25) is 0 Å². The maximum atomic E-state index is 4.37. The van der Waals surface area contributed by atoms with Crippen LogP contribution in [0.5, 0.6) is 0 Å². The minimum Gasteiger partial charge on any atom is -0.412 e. The zero-order chi connectivity index (χ0) is 13.1. The van der Waals surface area contributed by atoms with Gasteiger partial charge in [0, 0.05) is 44.8 Å². The van der Waals surface area contributed by atoms with Crippen LogP contribution in [0.3, 0.4) is 0 Å². The number of rotatable bonds is 2. The Morgan fingerprint density at radius 1 is 0.810 bits per heavy atom. The molecule has 110 valence electrons. The molecule has 0 saturated heterocycles. The van der Waals surface area contributed by atoms with Crippen LogP contribution >= 0.6 is 0 Å². The standard InChI is InChI=1S/C17H13N2.H2O.Pt/c1-13-10-14(16-6-2-4-8-18-16)12-15(11-13)17-7-3-5-9-19-17;;/h2-11H,1H3;1H2;/q-1;;. The molecule has 0 aliphatic carbocycles. The van der Waals surface area contributed by atoms with E-state index in [1.807, 2.05) is 36.4 Å². The number of hydrogen-bond donors (Lipinski definition) is 0. The normalized spacial score (nSPS) is 9.38. The van der Waals surface area contributed by atoms with Crippen molar-refractivity contribution in [1.29, 1.82) is 0 Å². The molecule has 0 spiro atoms. The molecule has 0 atom stereocenters. The number of benzene rings is 1. The molecule has 0 unspecified atom stereocenters. The molecule has 0 fully saturated rings. The second-order valence-electron chi connectivity index (χ2n) is 4.41. The van der Waals surface area contributed by atoms with Crippen LogP contribution in [0.4, 0.5) is 0 Å². The molecule has 2 N–H and O–H groups in total. The third-order valence-electron chi connectivity index (χ3n) is 2.90. The molecule has 0 bridgehead atoms. The molecule has 1 aromatic carbocycles. The summed E-state index contributed by atoms with van der Waals surface area (Å²) in [4.78, 5) is 8.75. The maximum absolute atomic E-state index is 4.37. The first-order valence-corrected chi connectivity index (χ1v) is 6.20. The number of aromatic nitrogens is 2. The number of aryl methyl sites for hydroxylation is 1. The van der Waals surface area contributed by atoms with E-state index in [2.05, 4.69) is 35.1 Å². The summed E-state index contributed by atoms with van der Waals surface area (Å²) in [5.41, 5.74) is 5.05. The summed E-state index contributed by atoms with van der Waals surface area (Å²) in [6.45, 7) is 2.08. The van der Waals surface area contributed by atoms with E-state index < -0.39 is 0 Å². The summed E-state index contributed by atoms with van der Waals surface area (Å²) in [7, 11) is 0. The summed E-state index contributed by atoms with van der Waals surface area (Å²) >= 11 is 0. The number of nitrogens with zero attached hydrogens (tertiary/aromatic N) is 2. The molecule has 3 rings (SSSR count). The van der Waals surface area contributed by atoms with Gasteiger partial charge in [0.2, 0.25) is 0 Å². The maximum Gasteiger partial charge on any atom is 0.0183 e. The van der Waals surface area contributed by atoms with E-state index in [1.54, 1.807) is 12.4 Å². The van der Waals surface area contributed by atoms with Gasteiger partial charge in [0.1, 0.15) is 0 Å². The van der Waals surface area contributed by atoms with Gasteiger partial charge in [0.25, 0.3) is 0 Å². The van der Waals surface area contributed by atoms with E-state index in [-0.39, 0.29) is 26.5 Å². The van der Waals surface area contributed by atoms with Crippen molar-refractivity contribution in [2.75, 3.05) is 0 Å². The second-order valence-corrected chi connectivity index (χ2v) is 4.41. The van der Waals surface area contributed by atoms with Crippen molar-refractivity contribution in [3.63, 3.8) is 0 Å². The molecule has 3 aromatic rings. The Balaban J connectivity index is 0.00000110. The fourth-order valence-corrected chi connectivity index (χ4v) is 2.03. The molecule has 0 saturated carbocycles. The molecule has 2 heterocycles. The van der Waals surface area contributed by atoms with Crippen LogP contribution < -0.4 is 0 Å². The van der Waals surface area contributed by atoms with Crippen molar-refractivity contribution in [2.45, 2.75) is 6.92 Å². The van der Waals surface area contributed by atoms with Crippen LogP contribution in [0.1, 0.15) is 5.56 Å². The van der Waals surface area contributed by atoms with Gasteiger partial charge >= 0.3 is 0 Å². The predicted molar refractivity (Wildman–Crippen MR) is 80.1 cm³/mol. The molecule has 0 amide bonds. The average Bonchev–Trinajstić information content (AvgIpc) is 2.48. The molecule has 4 heteroatoms. The summed E-state index contributed by atoms with van der Waals surface area (Å²) in [5.74, 6) is 0. The van der Waals surface area contributed by atoms with Crippen molar-refractivity contribution >= 4 is 0 Å². The Hall–Kier alpha value is -1.83. The van der Waals surface area contributed by atoms with Crippen molar-refractivity contribution in [1.82, 2.24) is 9.97 Å². The predicted octanol–water partition coefficient (Wildman–Crippen LogP) is 3.09. The molecule has 3 nitrogen and oxygen atoms in total. The first-order chi connectivity index (χ1) is 9.33. The second kappa shape index (κ2) is 7.82. The van der Waals surface area contributed by atoms with E-state index in [0.29, 0.717) is 0 Å². The molecule has 2 aromatic heterocycles. The summed E-state index contributed by atoms with van der Waals surface area (Å²) < 4.78 is 0. The molecule has 21 heavy (non-hydrogen) atoms. The molecule has 0 aliphatic heterocycles. The van der Waals surface area contributed by atoms with Gasteiger partial charge in [-0.15, -0.1) is 23.8 Å². The Bertz CT molecular complexity index is 630. The van der Waals surface area contributed by atoms with Gasteiger partial charge in [-0.3, -0.25) is 9.97 Å². The minimum absolute atomic E-state index is 0. The van der Waals surface area contributed by atoms with Crippen LogP contribution in [-0.2, 0) is 21.1 Å². The molecular formula is C17H15N2OPt-. The van der Waals surface area contributed by atoms with Gasteiger partial charge in [0.15, 0.2) is 0 Å². The zero-order valence-electron chi connectivity index (χ0n) is 11.5. The van der Waals surface area contributed by atoms with Gasteiger partial charge in [0.05, 0.1) is 0 Å². The number of pyridine rings is 2. The Labute approximate surface area is 138 Å². The molecular weight excluding hydrogens is 443 g/mol. The first-order valence-electron chi connectivity index (χ1n) is 6.20. The van der Waals surface area contributed by atoms with Crippen molar-refractivity contribution in [3.05, 3.63) is 72.6 Å². The van der Waals surface area contributed by atoms with Crippen molar-refractivity contribution < 1.29 is 26.5 Å². The Morgan fingerprint density at radius 2 is 1.29 bits per heavy atom. The third-order valence-corrected chi connectivity index (χ3v) is 2.90. The minimum atomic E-state index is 0. The van der Waals surface area contributed by atoms with Gasteiger partial charge < -0.3 is 5.48 Å². The fraction of sp³-hybridized carbons (Fsp3) is 0.0588. The van der Waals surface area contributed by atoms with E-state index in [1.165, 1.54) is 5.56 Å². The average molecular weight is 458 g/mol. The smallest absolute Gasteiger partial charge is 0.0183 e. The molecule has 0 aliphatic rings. The fourth-order valence-electron chi connectivity index (χ4n) is 2.03. The van der Waals surface area contributed by atoms with Gasteiger partial charge in [-0.2, -0.15) is 0 Å². The summed E-state index contributed by atoms with van der Waals surface area (Å²) in [5, 5.41) is 0. The SMILES string of the molecule is Cc1cc(-c2ccccn2)[c-]c(-c2ccccn2)c1.O.[Pt]. The van der Waals surface area contributed by atoms with Gasteiger partial charge in [-0.1, -0.05) is 42.3 Å². The van der Waals surface area contributed by atoms with E-state index in [0.717, 1.165) is 22.5 Å². The van der Waals surface area contributed by atoms with E-state index in [9.17, 15) is 0 Å². The summed E-state index contributed by atoms with van der Waals surface area (Å²) in [6, 6.07) is 19.4. The quantitative estimate of drug-likeness (QED) is 0.555. The number of hydrogen-bond acceptors (Lipinski definition) is 2. The van der Waals surface area contributed by atoms with Crippen LogP contribution in [-0.4, -0.2) is 15.4 Å². The zero-order valence-corrected chi connectivity index (χ0v) is 13.8. The summed E-state index contributed by atoms with van der Waals surface area (Å²) in [6.07, 6.45) is 3.60. The Kier molecular flexibility index (Phi) is 6.41. The van der Waals surface area contributed by atoms with E-state index in [4.69, 9.17) is 0 Å². The monoisotopic (exact) mass is 458 g/mol. The van der Waals surface area contributed by atoms with Gasteiger partial charge in [-0.05, 0) is 12.1 Å². The van der Waals surface area contributed by atoms with Gasteiger partial charge in [-0.25, -0.2) is 0 Å². The Morgan fingerprint density at radius 3 is 1.67 bits per heavy atom. The van der Waals surface area contributed by atoms with Crippen LogP contribution in [0.15, 0.2) is 60.9 Å². The third kappa shape index (κ3) is 4.07. The van der Waals surface area contributed by atoms with Crippen LogP contribution in [0, 0.1) is 13.0 Å². The van der Waals surface area contributed by atoms with Crippen molar-refractivity contribution in [2.24, 2.45) is 0 Å². The van der Waals surface area contributed by atoms with Crippen LogP contribution in [0.25, 0.3) is 22.5 Å². The topological polar surface area (TPSA) is 57.3 Å². The molecule has 0 radical (unpaired) electrons. The largest absolute Gasteiger partial charge is 0.412 e. The van der Waals surface area contributed by atoms with E-state index >= 15 is 0 Å². The first kappa shape index (κ1) is 17.2. The van der Waals surface area contributed by atoms with Crippen molar-refractivity contribution in [3.8, 4) is 22.5 Å².